The number of thiophene rings is 1. The molecule has 2 aromatic rings. The minimum absolute atomic E-state index is 0.101. The van der Waals surface area contributed by atoms with Crippen molar-refractivity contribution in [2.75, 3.05) is 18.7 Å². The van der Waals surface area contributed by atoms with Crippen molar-refractivity contribution in [3.63, 3.8) is 0 Å². The summed E-state index contributed by atoms with van der Waals surface area (Å²) in [7, 11) is 0. The second-order valence-corrected chi connectivity index (χ2v) is 8.41. The highest BCUT2D eigenvalue weighted by molar-refractivity contribution is 7.10. The van der Waals surface area contributed by atoms with Crippen molar-refractivity contribution in [2.24, 2.45) is 0 Å². The smallest absolute Gasteiger partial charge is 0.325 e. The molecule has 0 bridgehead atoms. The fourth-order valence-corrected chi connectivity index (χ4v) is 5.13. The zero-order valence-electron chi connectivity index (χ0n) is 16.2. The van der Waals surface area contributed by atoms with Gasteiger partial charge in [-0.3, -0.25) is 19.8 Å². The molecule has 5 rings (SSSR count). The summed E-state index contributed by atoms with van der Waals surface area (Å²) in [6, 6.07) is 5.21. The second kappa shape index (κ2) is 7.27. The van der Waals surface area contributed by atoms with E-state index < -0.39 is 36.0 Å². The Morgan fingerprint density at radius 2 is 2.03 bits per heavy atom. The van der Waals surface area contributed by atoms with Crippen molar-refractivity contribution in [3.8, 4) is 11.5 Å². The van der Waals surface area contributed by atoms with E-state index in [1.165, 1.54) is 0 Å². The van der Waals surface area contributed by atoms with Gasteiger partial charge in [-0.2, -0.15) is 0 Å². The molecular weight excluding hydrogens is 424 g/mol. The lowest BCUT2D eigenvalue weighted by Crippen LogP contribution is -2.47. The molecule has 10 nitrogen and oxygen atoms in total. The lowest BCUT2D eigenvalue weighted by atomic mass is 9.80. The standard InChI is InChI=1S/C20H18N4O6S/c25-16(22-18(27)21-11-3-4-13-14(8-11)30-10-29-13)9-24-17(26)20(23-19(24)28)6-1-2-15-12(20)5-7-31-15/h3-5,7-8H,1-2,6,9-10H2,(H,23,28)(H2,21,22,25,27)/t20-/m1/s1. The number of amides is 6. The topological polar surface area (TPSA) is 126 Å². The van der Waals surface area contributed by atoms with Crippen LogP contribution in [0.1, 0.15) is 23.3 Å². The van der Waals surface area contributed by atoms with Crippen molar-refractivity contribution < 1.29 is 28.7 Å². The third-order valence-electron chi connectivity index (χ3n) is 5.52. The molecule has 3 heterocycles. The van der Waals surface area contributed by atoms with Gasteiger partial charge in [-0.25, -0.2) is 9.59 Å². The molecule has 1 atom stereocenters. The number of urea groups is 2. The molecule has 1 saturated heterocycles. The highest BCUT2D eigenvalue weighted by Gasteiger charge is 2.54. The van der Waals surface area contributed by atoms with Gasteiger partial charge in [-0.05, 0) is 42.8 Å². The SMILES string of the molecule is O=C(CN1C(=O)N[C@@]2(CCCc3sccc32)C1=O)NC(=O)Nc1ccc2c(c1)OCO2. The summed E-state index contributed by atoms with van der Waals surface area (Å²) in [6.07, 6.45) is 2.10. The molecule has 0 saturated carbocycles. The molecule has 160 valence electrons. The highest BCUT2D eigenvalue weighted by Crippen LogP contribution is 2.42. The molecule has 11 heteroatoms. The Hall–Kier alpha value is -3.60. The van der Waals surface area contributed by atoms with E-state index in [0.29, 0.717) is 23.6 Å². The number of fused-ring (bicyclic) bond motifs is 3. The van der Waals surface area contributed by atoms with Gasteiger partial charge < -0.3 is 20.1 Å². The molecule has 1 spiro atoms. The van der Waals surface area contributed by atoms with E-state index >= 15 is 0 Å². The largest absolute Gasteiger partial charge is 0.454 e. The lowest BCUT2D eigenvalue weighted by molar-refractivity contribution is -0.135. The van der Waals surface area contributed by atoms with Gasteiger partial charge >= 0.3 is 12.1 Å². The molecule has 3 aliphatic rings. The molecule has 3 N–H and O–H groups in total. The number of nitrogens with one attached hydrogen (secondary N) is 3. The predicted octanol–water partition coefficient (Wildman–Crippen LogP) is 1.91. The van der Waals surface area contributed by atoms with Gasteiger partial charge in [0, 0.05) is 22.2 Å². The first kappa shape index (κ1) is 19.4. The number of nitrogens with zero attached hydrogens (tertiary/aromatic N) is 1. The molecule has 31 heavy (non-hydrogen) atoms. The van der Waals surface area contributed by atoms with Crippen LogP contribution in [0.5, 0.6) is 11.5 Å². The molecule has 1 aromatic carbocycles. The summed E-state index contributed by atoms with van der Waals surface area (Å²) in [5.74, 6) is -0.205. The van der Waals surface area contributed by atoms with Gasteiger partial charge in [0.05, 0.1) is 0 Å². The van der Waals surface area contributed by atoms with E-state index in [4.69, 9.17) is 9.47 Å². The third kappa shape index (κ3) is 3.26. The fourth-order valence-electron chi connectivity index (χ4n) is 4.13. The van der Waals surface area contributed by atoms with E-state index in [1.807, 2.05) is 11.4 Å². The van der Waals surface area contributed by atoms with Gasteiger partial charge in [-0.1, -0.05) is 0 Å². The Bertz CT molecular complexity index is 1110. The van der Waals surface area contributed by atoms with Crippen LogP contribution in [0.3, 0.4) is 0 Å². The van der Waals surface area contributed by atoms with Crippen molar-refractivity contribution in [3.05, 3.63) is 40.1 Å². The summed E-state index contributed by atoms with van der Waals surface area (Å²) < 4.78 is 10.4. The molecule has 1 fully saturated rings. The Morgan fingerprint density at radius 3 is 2.90 bits per heavy atom. The normalized spacial score (nSPS) is 21.1. The van der Waals surface area contributed by atoms with Gasteiger partial charge in [-0.15, -0.1) is 11.3 Å². The molecule has 2 aliphatic heterocycles. The quantitative estimate of drug-likeness (QED) is 0.624. The highest BCUT2D eigenvalue weighted by atomic mass is 32.1. The third-order valence-corrected chi connectivity index (χ3v) is 6.50. The number of hydrogen-bond donors (Lipinski definition) is 3. The maximum atomic E-state index is 13.1. The van der Waals surface area contributed by atoms with Gasteiger partial charge in [0.25, 0.3) is 5.91 Å². The van der Waals surface area contributed by atoms with Gasteiger partial charge in [0.2, 0.25) is 12.7 Å². The monoisotopic (exact) mass is 442 g/mol. The van der Waals surface area contributed by atoms with Crippen LogP contribution in [-0.4, -0.2) is 42.1 Å². The number of anilines is 1. The zero-order chi connectivity index (χ0) is 21.6. The van der Waals surface area contributed by atoms with Crippen molar-refractivity contribution in [1.29, 1.82) is 0 Å². The molecule has 6 amide bonds. The number of ether oxygens (including phenoxy) is 2. The van der Waals surface area contributed by atoms with Crippen LogP contribution < -0.4 is 25.4 Å². The average molecular weight is 442 g/mol. The van der Waals surface area contributed by atoms with E-state index in [0.717, 1.165) is 28.2 Å². The molecule has 1 aliphatic carbocycles. The van der Waals surface area contributed by atoms with Crippen LogP contribution in [-0.2, 0) is 21.5 Å². The number of benzene rings is 1. The Morgan fingerprint density at radius 1 is 1.19 bits per heavy atom. The minimum atomic E-state index is -1.13. The fraction of sp³-hybridized carbons (Fsp3) is 0.300. The van der Waals surface area contributed by atoms with Crippen LogP contribution in [0.15, 0.2) is 29.6 Å². The van der Waals surface area contributed by atoms with Crippen molar-refractivity contribution in [1.82, 2.24) is 15.5 Å². The first-order chi connectivity index (χ1) is 15.0. The van der Waals surface area contributed by atoms with E-state index in [1.54, 1.807) is 29.5 Å². The van der Waals surface area contributed by atoms with Crippen molar-refractivity contribution >= 4 is 40.9 Å². The number of carbonyl (C=O) groups is 4. The minimum Gasteiger partial charge on any atom is -0.454 e. The summed E-state index contributed by atoms with van der Waals surface area (Å²) in [4.78, 5) is 52.1. The summed E-state index contributed by atoms with van der Waals surface area (Å²) >= 11 is 1.55. The maximum Gasteiger partial charge on any atom is 0.325 e. The van der Waals surface area contributed by atoms with E-state index in [-0.39, 0.29) is 6.79 Å². The predicted molar refractivity (Wildman–Crippen MR) is 109 cm³/mol. The van der Waals surface area contributed by atoms with E-state index in [2.05, 4.69) is 16.0 Å². The number of carbonyl (C=O) groups excluding carboxylic acids is 4. The molecule has 0 radical (unpaired) electrons. The molecule has 1 aromatic heterocycles. The summed E-state index contributed by atoms with van der Waals surface area (Å²) in [5, 5.41) is 9.31. The number of rotatable bonds is 3. The number of imide groups is 2. The van der Waals surface area contributed by atoms with Crippen LogP contribution >= 0.6 is 11.3 Å². The Balaban J connectivity index is 1.23. The summed E-state index contributed by atoms with van der Waals surface area (Å²) in [5.41, 5.74) is 0.0703. The first-order valence-electron chi connectivity index (χ1n) is 9.68. The van der Waals surface area contributed by atoms with Crippen LogP contribution in [0.2, 0.25) is 0 Å². The van der Waals surface area contributed by atoms with Gasteiger partial charge in [0.15, 0.2) is 11.5 Å². The van der Waals surface area contributed by atoms with Gasteiger partial charge in [0.1, 0.15) is 12.1 Å². The Kier molecular flexibility index (Phi) is 4.54. The number of hydrogen-bond acceptors (Lipinski definition) is 7. The first-order valence-corrected chi connectivity index (χ1v) is 10.6. The average Bonchev–Trinajstić information content (AvgIpc) is 3.44. The van der Waals surface area contributed by atoms with Crippen LogP contribution in [0, 0.1) is 0 Å². The van der Waals surface area contributed by atoms with Crippen molar-refractivity contribution in [2.45, 2.75) is 24.8 Å². The summed E-state index contributed by atoms with van der Waals surface area (Å²) in [6.45, 7) is -0.454. The maximum absolute atomic E-state index is 13.1. The molecule has 0 unspecified atom stereocenters. The number of aryl methyl sites for hydroxylation is 1. The molecular formula is C20H18N4O6S. The lowest BCUT2D eigenvalue weighted by Gasteiger charge is -2.31. The second-order valence-electron chi connectivity index (χ2n) is 7.41. The van der Waals surface area contributed by atoms with Crippen LogP contribution in [0.4, 0.5) is 15.3 Å². The Labute approximate surface area is 180 Å². The van der Waals surface area contributed by atoms with Crippen LogP contribution in [0.25, 0.3) is 0 Å². The van der Waals surface area contributed by atoms with E-state index in [9.17, 15) is 19.2 Å². The zero-order valence-corrected chi connectivity index (χ0v) is 17.0.